The summed E-state index contributed by atoms with van der Waals surface area (Å²) >= 11 is 0. The monoisotopic (exact) mass is 276 g/mol. The van der Waals surface area contributed by atoms with E-state index >= 15 is 0 Å². The Balaban J connectivity index is 2.19. The number of carbonyl (C=O) groups excluding carboxylic acids is 1. The maximum absolute atomic E-state index is 12.3. The van der Waals surface area contributed by atoms with Gasteiger partial charge in [-0.15, -0.1) is 0 Å². The van der Waals surface area contributed by atoms with Crippen molar-refractivity contribution in [1.82, 2.24) is 0 Å². The van der Waals surface area contributed by atoms with Gasteiger partial charge in [0.25, 0.3) is 0 Å². The van der Waals surface area contributed by atoms with Crippen LogP contribution in [0.15, 0.2) is 48.5 Å². The van der Waals surface area contributed by atoms with Crippen LogP contribution in [0.4, 0.5) is 8.78 Å². The number of hydrogen-bond acceptors (Lipinski definition) is 2. The van der Waals surface area contributed by atoms with Gasteiger partial charge in [-0.25, -0.2) is 8.78 Å². The first-order valence-corrected chi connectivity index (χ1v) is 6.27. The highest BCUT2D eigenvalue weighted by atomic mass is 19.3. The van der Waals surface area contributed by atoms with Crippen molar-refractivity contribution in [2.24, 2.45) is 0 Å². The standard InChI is InChI=1S/C16H14F2O2/c1-2-20-14-9-7-12(8-10-14)11-3-5-13(6-4-11)15(19)16(17)18/h3-10,16H,2H2,1H3. The zero-order valence-corrected chi connectivity index (χ0v) is 11.0. The molecule has 104 valence electrons. The van der Waals surface area contributed by atoms with E-state index in [1.165, 1.54) is 12.1 Å². The SMILES string of the molecule is CCOc1ccc(-c2ccc(C(=O)C(F)F)cc2)cc1. The summed E-state index contributed by atoms with van der Waals surface area (Å²) in [5, 5.41) is 0. The minimum atomic E-state index is -2.97. The lowest BCUT2D eigenvalue weighted by molar-refractivity contribution is 0.0679. The van der Waals surface area contributed by atoms with Gasteiger partial charge in [-0.05, 0) is 30.2 Å². The molecule has 0 unspecified atom stereocenters. The molecule has 2 aromatic rings. The van der Waals surface area contributed by atoms with E-state index in [0.29, 0.717) is 6.61 Å². The highest BCUT2D eigenvalue weighted by molar-refractivity contribution is 5.98. The van der Waals surface area contributed by atoms with Gasteiger partial charge in [-0.3, -0.25) is 4.79 Å². The van der Waals surface area contributed by atoms with Crippen LogP contribution in [-0.4, -0.2) is 18.8 Å². The topological polar surface area (TPSA) is 26.3 Å². The maximum atomic E-state index is 12.3. The number of rotatable bonds is 5. The molecule has 0 heterocycles. The van der Waals surface area contributed by atoms with E-state index in [2.05, 4.69) is 0 Å². The molecule has 0 aliphatic heterocycles. The third-order valence-electron chi connectivity index (χ3n) is 2.87. The van der Waals surface area contributed by atoms with Gasteiger partial charge in [0.05, 0.1) is 6.61 Å². The lowest BCUT2D eigenvalue weighted by atomic mass is 10.0. The number of carbonyl (C=O) groups is 1. The normalized spacial score (nSPS) is 10.6. The Hall–Kier alpha value is -2.23. The molecular weight excluding hydrogens is 262 g/mol. The molecule has 2 aromatic carbocycles. The van der Waals surface area contributed by atoms with Crippen molar-refractivity contribution < 1.29 is 18.3 Å². The Kier molecular flexibility index (Phi) is 4.45. The molecule has 0 saturated carbocycles. The number of halogens is 2. The molecule has 0 aliphatic carbocycles. The number of hydrogen-bond donors (Lipinski definition) is 0. The first kappa shape index (κ1) is 14.2. The van der Waals surface area contributed by atoms with Gasteiger partial charge in [-0.2, -0.15) is 0 Å². The second-order valence-corrected chi connectivity index (χ2v) is 4.20. The van der Waals surface area contributed by atoms with E-state index in [0.717, 1.165) is 16.9 Å². The van der Waals surface area contributed by atoms with Gasteiger partial charge in [-0.1, -0.05) is 36.4 Å². The van der Waals surface area contributed by atoms with Crippen molar-refractivity contribution in [2.45, 2.75) is 13.3 Å². The molecule has 20 heavy (non-hydrogen) atoms. The molecule has 0 N–H and O–H groups in total. The van der Waals surface area contributed by atoms with Crippen LogP contribution < -0.4 is 4.74 Å². The molecule has 0 saturated heterocycles. The van der Waals surface area contributed by atoms with E-state index < -0.39 is 12.2 Å². The second-order valence-electron chi connectivity index (χ2n) is 4.20. The number of benzene rings is 2. The predicted octanol–water partition coefficient (Wildman–Crippen LogP) is 4.20. The van der Waals surface area contributed by atoms with E-state index in [1.807, 2.05) is 31.2 Å². The molecule has 0 amide bonds. The first-order valence-electron chi connectivity index (χ1n) is 6.27. The van der Waals surface area contributed by atoms with E-state index in [4.69, 9.17) is 4.74 Å². The Labute approximate surface area is 116 Å². The van der Waals surface area contributed by atoms with Crippen LogP contribution in [0.3, 0.4) is 0 Å². The number of alkyl halides is 2. The molecule has 2 nitrogen and oxygen atoms in total. The number of ether oxygens (including phenoxy) is 1. The Morgan fingerprint density at radius 3 is 1.95 bits per heavy atom. The molecule has 0 bridgehead atoms. The summed E-state index contributed by atoms with van der Waals surface area (Å²) in [5.41, 5.74) is 1.82. The highest BCUT2D eigenvalue weighted by Gasteiger charge is 2.17. The smallest absolute Gasteiger partial charge is 0.300 e. The van der Waals surface area contributed by atoms with Gasteiger partial charge in [0.15, 0.2) is 0 Å². The first-order chi connectivity index (χ1) is 9.61. The van der Waals surface area contributed by atoms with Crippen molar-refractivity contribution in [3.63, 3.8) is 0 Å². The molecule has 2 rings (SSSR count). The maximum Gasteiger partial charge on any atom is 0.300 e. The average molecular weight is 276 g/mol. The van der Waals surface area contributed by atoms with Crippen LogP contribution in [0.25, 0.3) is 11.1 Å². The highest BCUT2D eigenvalue weighted by Crippen LogP contribution is 2.23. The third-order valence-corrected chi connectivity index (χ3v) is 2.87. The molecular formula is C16H14F2O2. The quantitative estimate of drug-likeness (QED) is 0.765. The molecule has 0 spiro atoms. The summed E-state index contributed by atoms with van der Waals surface area (Å²) in [4.78, 5) is 11.1. The van der Waals surface area contributed by atoms with Crippen molar-refractivity contribution in [1.29, 1.82) is 0 Å². The average Bonchev–Trinajstić information content (AvgIpc) is 2.48. The lowest BCUT2D eigenvalue weighted by Crippen LogP contribution is -2.09. The van der Waals surface area contributed by atoms with Gasteiger partial charge in [0.1, 0.15) is 5.75 Å². The molecule has 0 aliphatic rings. The summed E-state index contributed by atoms with van der Waals surface area (Å²) in [6.45, 7) is 2.51. The summed E-state index contributed by atoms with van der Waals surface area (Å²) in [6.07, 6.45) is -2.97. The summed E-state index contributed by atoms with van der Waals surface area (Å²) in [7, 11) is 0. The van der Waals surface area contributed by atoms with E-state index in [9.17, 15) is 13.6 Å². The summed E-state index contributed by atoms with van der Waals surface area (Å²) < 4.78 is 29.9. The van der Waals surface area contributed by atoms with E-state index in [-0.39, 0.29) is 5.56 Å². The van der Waals surface area contributed by atoms with Gasteiger partial charge in [0.2, 0.25) is 5.78 Å². The van der Waals surface area contributed by atoms with Gasteiger partial charge >= 0.3 is 6.43 Å². The number of Topliss-reactive ketones (excluding diaryl/α,β-unsaturated/α-hetero) is 1. The fourth-order valence-corrected chi connectivity index (χ4v) is 1.86. The largest absolute Gasteiger partial charge is 0.494 e. The Morgan fingerprint density at radius 1 is 1.00 bits per heavy atom. The Bertz CT molecular complexity index is 574. The second kappa shape index (κ2) is 6.28. The zero-order chi connectivity index (χ0) is 14.5. The molecule has 0 radical (unpaired) electrons. The minimum absolute atomic E-state index is 0.0229. The predicted molar refractivity (Wildman–Crippen MR) is 73.4 cm³/mol. The fourth-order valence-electron chi connectivity index (χ4n) is 1.86. The van der Waals surface area contributed by atoms with Crippen molar-refractivity contribution >= 4 is 5.78 Å². The molecule has 0 fully saturated rings. The van der Waals surface area contributed by atoms with Crippen LogP contribution in [0.1, 0.15) is 17.3 Å². The van der Waals surface area contributed by atoms with E-state index in [1.54, 1.807) is 12.1 Å². The Morgan fingerprint density at radius 2 is 1.50 bits per heavy atom. The minimum Gasteiger partial charge on any atom is -0.494 e. The summed E-state index contributed by atoms with van der Waals surface area (Å²) in [5.74, 6) is -0.371. The van der Waals surface area contributed by atoms with Gasteiger partial charge in [0, 0.05) is 5.56 Å². The van der Waals surface area contributed by atoms with Crippen LogP contribution >= 0.6 is 0 Å². The lowest BCUT2D eigenvalue weighted by Gasteiger charge is -2.06. The molecule has 0 atom stereocenters. The van der Waals surface area contributed by atoms with Crippen LogP contribution in [0.2, 0.25) is 0 Å². The fraction of sp³-hybridized carbons (Fsp3) is 0.188. The van der Waals surface area contributed by atoms with Crippen LogP contribution in [-0.2, 0) is 0 Å². The summed E-state index contributed by atoms with van der Waals surface area (Å²) in [6, 6.07) is 13.6. The van der Waals surface area contributed by atoms with Crippen LogP contribution in [0, 0.1) is 0 Å². The zero-order valence-electron chi connectivity index (χ0n) is 11.0. The third kappa shape index (κ3) is 3.20. The van der Waals surface area contributed by atoms with Crippen molar-refractivity contribution in [3.05, 3.63) is 54.1 Å². The molecule has 4 heteroatoms. The molecule has 0 aromatic heterocycles. The van der Waals surface area contributed by atoms with Gasteiger partial charge < -0.3 is 4.74 Å². The van der Waals surface area contributed by atoms with Crippen LogP contribution in [0.5, 0.6) is 5.75 Å². The number of ketones is 1. The van der Waals surface area contributed by atoms with Crippen molar-refractivity contribution in [3.8, 4) is 16.9 Å². The van der Waals surface area contributed by atoms with Crippen molar-refractivity contribution in [2.75, 3.05) is 6.61 Å².